The lowest BCUT2D eigenvalue weighted by molar-refractivity contribution is 0.572. The number of rotatable bonds is 6. The first-order valence-corrected chi connectivity index (χ1v) is 27.3. The van der Waals surface area contributed by atoms with E-state index < -0.39 is 5.41 Å². The molecule has 14 aromatic rings. The molecule has 0 saturated carbocycles. The highest BCUT2D eigenvalue weighted by atomic mass is 16.3. The second-order valence-corrected chi connectivity index (χ2v) is 24.0. The Hall–Kier alpha value is -9.06. The first kappa shape index (κ1) is 46.3. The first-order chi connectivity index (χ1) is 37.8. The van der Waals surface area contributed by atoms with Crippen LogP contribution in [0.25, 0.3) is 98.5 Å². The van der Waals surface area contributed by atoms with E-state index in [2.05, 4.69) is 271 Å². The molecule has 0 amide bonds. The minimum absolute atomic E-state index is 0.102. The van der Waals surface area contributed by atoms with Crippen molar-refractivity contribution in [3.05, 3.63) is 229 Å². The number of anilines is 6. The molecular weight excluding hydrogens is 953 g/mol. The highest BCUT2D eigenvalue weighted by Gasteiger charge is 2.41. The van der Waals surface area contributed by atoms with Crippen molar-refractivity contribution in [3.8, 4) is 11.1 Å². The van der Waals surface area contributed by atoms with Gasteiger partial charge in [0, 0.05) is 82.6 Å². The molecule has 5 nitrogen and oxygen atoms in total. The standard InChI is InChI=1S/C73H58N2O3/c1-71(2,3)55-35-19-31-49-51-33-21-37-58(68(51)77-66(49)55)74(43-23-11-9-12-24-43)60-41-57-63(47-29-17-15-27-45(47)60)53-39-40-54-64-48-30-18-16-28-46(48)61(42-62(64)76-70(54)65(53)73(57,7)8)75(44-25-13-10-14-26-44)59-38-22-34-52-50-32-20-36-56(72(4,5)6)67(50)78-69(52)59/h9-42H,1-8H3. The molecule has 0 unspecified atom stereocenters. The van der Waals surface area contributed by atoms with Crippen molar-refractivity contribution < 1.29 is 13.3 Å². The van der Waals surface area contributed by atoms with Crippen molar-refractivity contribution >= 4 is 121 Å². The third kappa shape index (κ3) is 6.60. The van der Waals surface area contributed by atoms with Gasteiger partial charge in [0.2, 0.25) is 0 Å². The molecule has 0 saturated heterocycles. The number of fused-ring (bicyclic) bond motifs is 17. The van der Waals surface area contributed by atoms with Crippen LogP contribution >= 0.6 is 0 Å². The van der Waals surface area contributed by atoms with Crippen molar-refractivity contribution in [1.29, 1.82) is 0 Å². The van der Waals surface area contributed by atoms with E-state index in [0.717, 1.165) is 116 Å². The van der Waals surface area contributed by atoms with Gasteiger partial charge in [0.05, 0.1) is 22.7 Å². The average molecular weight is 1010 g/mol. The van der Waals surface area contributed by atoms with E-state index in [0.29, 0.717) is 0 Å². The fourth-order valence-corrected chi connectivity index (χ4v) is 13.3. The van der Waals surface area contributed by atoms with E-state index in [1.165, 1.54) is 38.8 Å². The Morgan fingerprint density at radius 2 is 0.782 bits per heavy atom. The normalized spacial score (nSPS) is 13.5. The lowest BCUT2D eigenvalue weighted by Crippen LogP contribution is -2.17. The topological polar surface area (TPSA) is 45.9 Å². The molecule has 0 aliphatic heterocycles. The van der Waals surface area contributed by atoms with Crippen molar-refractivity contribution in [3.63, 3.8) is 0 Å². The number of hydrogen-bond acceptors (Lipinski definition) is 5. The van der Waals surface area contributed by atoms with Crippen molar-refractivity contribution in [2.75, 3.05) is 9.80 Å². The zero-order chi connectivity index (χ0) is 53.0. The van der Waals surface area contributed by atoms with Gasteiger partial charge in [-0.05, 0) is 86.8 Å². The summed E-state index contributed by atoms with van der Waals surface area (Å²) in [5.41, 5.74) is 18.1. The van der Waals surface area contributed by atoms with Crippen LogP contribution < -0.4 is 9.80 Å². The fraction of sp³-hybridized carbons (Fsp3) is 0.151. The average Bonchev–Trinajstić information content (AvgIpc) is 4.13. The lowest BCUT2D eigenvalue weighted by Gasteiger charge is -2.29. The summed E-state index contributed by atoms with van der Waals surface area (Å²) in [6.45, 7) is 18.3. The van der Waals surface area contributed by atoms with Crippen molar-refractivity contribution in [1.82, 2.24) is 0 Å². The quantitative estimate of drug-likeness (QED) is 0.166. The minimum Gasteiger partial charge on any atom is -0.456 e. The summed E-state index contributed by atoms with van der Waals surface area (Å²) in [6.07, 6.45) is 0. The summed E-state index contributed by atoms with van der Waals surface area (Å²) < 4.78 is 21.7. The van der Waals surface area contributed by atoms with Gasteiger partial charge in [0.15, 0.2) is 11.2 Å². The van der Waals surface area contributed by atoms with Gasteiger partial charge in [-0.25, -0.2) is 0 Å². The van der Waals surface area contributed by atoms with Gasteiger partial charge in [0.1, 0.15) is 22.3 Å². The molecule has 11 aromatic carbocycles. The molecule has 1 aliphatic rings. The Bertz CT molecular complexity index is 4790. The Balaban J connectivity index is 0.955. The van der Waals surface area contributed by atoms with Crippen molar-refractivity contribution in [2.45, 2.75) is 71.6 Å². The van der Waals surface area contributed by atoms with E-state index >= 15 is 0 Å². The maximum absolute atomic E-state index is 7.49. The van der Waals surface area contributed by atoms with Gasteiger partial charge < -0.3 is 23.1 Å². The molecule has 0 spiro atoms. The Morgan fingerprint density at radius 1 is 0.346 bits per heavy atom. The molecule has 15 rings (SSSR count). The number of nitrogens with zero attached hydrogens (tertiary/aromatic N) is 2. The van der Waals surface area contributed by atoms with E-state index in [-0.39, 0.29) is 10.8 Å². The van der Waals surface area contributed by atoms with Crippen LogP contribution in [0.5, 0.6) is 0 Å². The smallest absolute Gasteiger partial charge is 0.159 e. The van der Waals surface area contributed by atoms with Crippen LogP contribution in [-0.2, 0) is 16.2 Å². The summed E-state index contributed by atoms with van der Waals surface area (Å²) >= 11 is 0. The van der Waals surface area contributed by atoms with E-state index in [9.17, 15) is 0 Å². The van der Waals surface area contributed by atoms with Crippen LogP contribution in [0.15, 0.2) is 220 Å². The molecule has 78 heavy (non-hydrogen) atoms. The predicted molar refractivity (Wildman–Crippen MR) is 328 cm³/mol. The summed E-state index contributed by atoms with van der Waals surface area (Å²) in [4.78, 5) is 4.78. The van der Waals surface area contributed by atoms with Gasteiger partial charge in [-0.3, -0.25) is 0 Å². The maximum Gasteiger partial charge on any atom is 0.159 e. The van der Waals surface area contributed by atoms with Crippen LogP contribution in [0.2, 0.25) is 0 Å². The lowest BCUT2D eigenvalue weighted by atomic mass is 9.81. The van der Waals surface area contributed by atoms with Gasteiger partial charge in [0.25, 0.3) is 0 Å². The molecule has 0 atom stereocenters. The van der Waals surface area contributed by atoms with Gasteiger partial charge in [-0.1, -0.05) is 207 Å². The van der Waals surface area contributed by atoms with Crippen LogP contribution in [0.4, 0.5) is 34.1 Å². The molecule has 0 fully saturated rings. The maximum atomic E-state index is 7.49. The number of hydrogen-bond donors (Lipinski definition) is 0. The monoisotopic (exact) mass is 1010 g/mol. The van der Waals surface area contributed by atoms with E-state index in [4.69, 9.17) is 13.3 Å². The minimum atomic E-state index is -0.469. The van der Waals surface area contributed by atoms with Gasteiger partial charge in [-0.15, -0.1) is 0 Å². The molecule has 5 heteroatoms. The van der Waals surface area contributed by atoms with Crippen LogP contribution in [0.1, 0.15) is 77.6 Å². The molecule has 378 valence electrons. The van der Waals surface area contributed by atoms with Crippen LogP contribution in [-0.4, -0.2) is 0 Å². The number of furan rings is 3. The zero-order valence-corrected chi connectivity index (χ0v) is 45.2. The Morgan fingerprint density at radius 3 is 1.31 bits per heavy atom. The SMILES string of the molecule is CC(C)(C)c1cccc2c1oc1c(N(c3ccccc3)c3cc4c(c5ccccc35)-c3ccc5c(oc6cc(N(c7ccccc7)c7cccc8c7oc7c(C(C)(C)C)cccc78)c7ccccc7c65)c3C4(C)C)cccc12. The van der Waals surface area contributed by atoms with Gasteiger partial charge in [-0.2, -0.15) is 0 Å². The zero-order valence-electron chi connectivity index (χ0n) is 45.2. The predicted octanol–water partition coefficient (Wildman–Crippen LogP) is 21.5. The number of para-hydroxylation sites is 6. The Labute approximate surface area is 453 Å². The molecule has 1 aliphatic carbocycles. The summed E-state index contributed by atoms with van der Waals surface area (Å²) in [6, 6.07) is 74.8. The second kappa shape index (κ2) is 16.5. The fourth-order valence-electron chi connectivity index (χ4n) is 13.3. The third-order valence-corrected chi connectivity index (χ3v) is 16.8. The largest absolute Gasteiger partial charge is 0.456 e. The molecule has 0 N–H and O–H groups in total. The van der Waals surface area contributed by atoms with Crippen molar-refractivity contribution in [2.24, 2.45) is 0 Å². The van der Waals surface area contributed by atoms with Gasteiger partial charge >= 0.3 is 0 Å². The summed E-state index contributed by atoms with van der Waals surface area (Å²) in [7, 11) is 0. The molecule has 0 bridgehead atoms. The Kier molecular flexibility index (Phi) is 9.77. The summed E-state index contributed by atoms with van der Waals surface area (Å²) in [5, 5.41) is 11.3. The second-order valence-electron chi connectivity index (χ2n) is 24.0. The molecule has 0 radical (unpaired) electrons. The molecular formula is C73H58N2O3. The third-order valence-electron chi connectivity index (χ3n) is 16.8. The number of benzene rings is 11. The van der Waals surface area contributed by atoms with Crippen LogP contribution in [0.3, 0.4) is 0 Å². The first-order valence-electron chi connectivity index (χ1n) is 27.3. The summed E-state index contributed by atoms with van der Waals surface area (Å²) in [5.74, 6) is 0. The molecule has 3 heterocycles. The highest BCUT2D eigenvalue weighted by molar-refractivity contribution is 6.25. The van der Waals surface area contributed by atoms with Crippen LogP contribution in [0, 0.1) is 0 Å². The van der Waals surface area contributed by atoms with E-state index in [1.807, 2.05) is 0 Å². The van der Waals surface area contributed by atoms with E-state index in [1.54, 1.807) is 0 Å². The highest BCUT2D eigenvalue weighted by Crippen LogP contribution is 2.58. The molecule has 3 aromatic heterocycles.